The van der Waals surface area contributed by atoms with E-state index in [-0.39, 0.29) is 11.3 Å². The van der Waals surface area contributed by atoms with Gasteiger partial charge in [-0.3, -0.25) is 5.41 Å². The normalized spacial score (nSPS) is 11.3. The zero-order valence-electron chi connectivity index (χ0n) is 13.0. The van der Waals surface area contributed by atoms with Gasteiger partial charge in [0.2, 0.25) is 0 Å². The zero-order valence-corrected chi connectivity index (χ0v) is 13.9. The van der Waals surface area contributed by atoms with Gasteiger partial charge < -0.3 is 0 Å². The number of alkyl halides is 3. The van der Waals surface area contributed by atoms with Gasteiger partial charge in [0.05, 0.1) is 11.3 Å². The molecular formula is C20H14F3NS. The smallest absolute Gasteiger partial charge is 0.300 e. The molecule has 0 spiro atoms. The molecule has 0 aliphatic heterocycles. The number of halogens is 3. The van der Waals surface area contributed by atoms with E-state index in [9.17, 15) is 13.2 Å². The highest BCUT2D eigenvalue weighted by molar-refractivity contribution is 7.99. The Bertz CT molecular complexity index is 889. The van der Waals surface area contributed by atoms with Crippen LogP contribution < -0.4 is 0 Å². The molecule has 0 saturated carbocycles. The Kier molecular flexibility index (Phi) is 4.95. The summed E-state index contributed by atoms with van der Waals surface area (Å²) in [6, 6.07) is 21.8. The molecule has 0 saturated heterocycles. The highest BCUT2D eigenvalue weighted by Crippen LogP contribution is 2.35. The summed E-state index contributed by atoms with van der Waals surface area (Å²) in [7, 11) is 0. The second kappa shape index (κ2) is 7.15. The van der Waals surface area contributed by atoms with Crippen molar-refractivity contribution in [3.8, 4) is 0 Å². The fourth-order valence-corrected chi connectivity index (χ4v) is 3.44. The molecule has 0 fully saturated rings. The van der Waals surface area contributed by atoms with Gasteiger partial charge in [0.1, 0.15) is 0 Å². The number of benzene rings is 3. The van der Waals surface area contributed by atoms with E-state index in [1.165, 1.54) is 30.0 Å². The lowest BCUT2D eigenvalue weighted by Crippen LogP contribution is -2.14. The Morgan fingerprint density at radius 3 is 1.96 bits per heavy atom. The van der Waals surface area contributed by atoms with Crippen LogP contribution in [0.2, 0.25) is 0 Å². The van der Waals surface area contributed by atoms with Crippen molar-refractivity contribution in [2.24, 2.45) is 0 Å². The minimum Gasteiger partial charge on any atom is -0.300 e. The predicted molar refractivity (Wildman–Crippen MR) is 94.4 cm³/mol. The number of rotatable bonds is 4. The van der Waals surface area contributed by atoms with Crippen LogP contribution in [-0.4, -0.2) is 5.71 Å². The average Bonchev–Trinajstić information content (AvgIpc) is 2.62. The van der Waals surface area contributed by atoms with Crippen LogP contribution in [-0.2, 0) is 6.18 Å². The molecule has 0 aromatic heterocycles. The molecular weight excluding hydrogens is 343 g/mol. The first-order valence-corrected chi connectivity index (χ1v) is 8.36. The van der Waals surface area contributed by atoms with Gasteiger partial charge in [0.15, 0.2) is 0 Å². The molecule has 0 amide bonds. The molecule has 3 aromatic rings. The number of hydrogen-bond acceptors (Lipinski definition) is 2. The molecule has 25 heavy (non-hydrogen) atoms. The minimum atomic E-state index is -4.50. The summed E-state index contributed by atoms with van der Waals surface area (Å²) in [6.07, 6.45) is -4.50. The molecule has 0 aliphatic rings. The van der Waals surface area contributed by atoms with E-state index < -0.39 is 11.7 Å². The Balaban J connectivity index is 2.02. The van der Waals surface area contributed by atoms with E-state index in [1.807, 2.05) is 42.5 Å². The molecule has 0 bridgehead atoms. The maximum atomic E-state index is 13.3. The first kappa shape index (κ1) is 17.3. The van der Waals surface area contributed by atoms with Crippen molar-refractivity contribution in [3.05, 3.63) is 95.6 Å². The molecule has 3 rings (SSSR count). The van der Waals surface area contributed by atoms with Crippen molar-refractivity contribution < 1.29 is 13.2 Å². The third kappa shape index (κ3) is 3.94. The van der Waals surface area contributed by atoms with Crippen LogP contribution in [0.4, 0.5) is 13.2 Å². The SMILES string of the molecule is N=C(c1ccccc1Sc1ccccc1)c1ccccc1C(F)(F)F. The molecule has 1 nitrogen and oxygen atoms in total. The first-order valence-electron chi connectivity index (χ1n) is 7.54. The Morgan fingerprint density at radius 1 is 0.720 bits per heavy atom. The van der Waals surface area contributed by atoms with Gasteiger partial charge in [-0.05, 0) is 24.3 Å². The van der Waals surface area contributed by atoms with E-state index in [0.29, 0.717) is 5.56 Å². The summed E-state index contributed by atoms with van der Waals surface area (Å²) in [5.41, 5.74) is -0.560. The summed E-state index contributed by atoms with van der Waals surface area (Å²) in [4.78, 5) is 1.71. The summed E-state index contributed by atoms with van der Waals surface area (Å²) < 4.78 is 39.8. The van der Waals surface area contributed by atoms with Crippen LogP contribution in [0, 0.1) is 5.41 Å². The summed E-state index contributed by atoms with van der Waals surface area (Å²) in [5.74, 6) is 0. The van der Waals surface area contributed by atoms with E-state index in [1.54, 1.807) is 12.1 Å². The average molecular weight is 357 g/mol. The molecule has 126 valence electrons. The van der Waals surface area contributed by atoms with Crippen molar-refractivity contribution in [1.82, 2.24) is 0 Å². The molecule has 0 atom stereocenters. The van der Waals surface area contributed by atoms with Crippen molar-refractivity contribution in [2.75, 3.05) is 0 Å². The van der Waals surface area contributed by atoms with Gasteiger partial charge in [-0.15, -0.1) is 0 Å². The first-order chi connectivity index (χ1) is 12.0. The van der Waals surface area contributed by atoms with Gasteiger partial charge in [-0.2, -0.15) is 13.2 Å². The van der Waals surface area contributed by atoms with Gasteiger partial charge in [-0.1, -0.05) is 66.4 Å². The van der Waals surface area contributed by atoms with Crippen molar-refractivity contribution >= 4 is 17.5 Å². The van der Waals surface area contributed by atoms with E-state index in [0.717, 1.165) is 15.9 Å². The molecule has 0 radical (unpaired) electrons. The summed E-state index contributed by atoms with van der Waals surface area (Å²) in [5, 5.41) is 8.38. The van der Waals surface area contributed by atoms with E-state index >= 15 is 0 Å². The molecule has 0 unspecified atom stereocenters. The second-order valence-electron chi connectivity index (χ2n) is 5.33. The lowest BCUT2D eigenvalue weighted by atomic mass is 9.97. The molecule has 5 heteroatoms. The van der Waals surface area contributed by atoms with Gasteiger partial charge >= 0.3 is 6.18 Å². The van der Waals surface area contributed by atoms with Crippen LogP contribution in [0.15, 0.2) is 88.7 Å². The zero-order chi connectivity index (χ0) is 17.9. The van der Waals surface area contributed by atoms with Gasteiger partial charge in [-0.25, -0.2) is 0 Å². The topological polar surface area (TPSA) is 23.9 Å². The van der Waals surface area contributed by atoms with Gasteiger partial charge in [0.25, 0.3) is 0 Å². The number of nitrogens with one attached hydrogen (secondary N) is 1. The lowest BCUT2D eigenvalue weighted by molar-refractivity contribution is -0.137. The fraction of sp³-hybridized carbons (Fsp3) is 0.0500. The van der Waals surface area contributed by atoms with Crippen molar-refractivity contribution in [3.63, 3.8) is 0 Å². The summed E-state index contributed by atoms with van der Waals surface area (Å²) >= 11 is 1.43. The van der Waals surface area contributed by atoms with E-state index in [4.69, 9.17) is 5.41 Å². The molecule has 0 aliphatic carbocycles. The van der Waals surface area contributed by atoms with Crippen LogP contribution in [0.3, 0.4) is 0 Å². The van der Waals surface area contributed by atoms with Crippen LogP contribution in [0.5, 0.6) is 0 Å². The third-order valence-corrected chi connectivity index (χ3v) is 4.71. The predicted octanol–water partition coefficient (Wildman–Crippen LogP) is 6.27. The van der Waals surface area contributed by atoms with E-state index in [2.05, 4.69) is 0 Å². The Hall–Kier alpha value is -2.53. The van der Waals surface area contributed by atoms with Gasteiger partial charge in [0, 0.05) is 20.9 Å². The standard InChI is InChI=1S/C20H14F3NS/c21-20(22,23)17-12-6-4-10-15(17)19(24)16-11-5-7-13-18(16)25-14-8-2-1-3-9-14/h1-13,24H. The van der Waals surface area contributed by atoms with Crippen LogP contribution >= 0.6 is 11.8 Å². The quantitative estimate of drug-likeness (QED) is 0.546. The van der Waals surface area contributed by atoms with Crippen molar-refractivity contribution in [2.45, 2.75) is 16.0 Å². The summed E-state index contributed by atoms with van der Waals surface area (Å²) in [6.45, 7) is 0. The van der Waals surface area contributed by atoms with Crippen LogP contribution in [0.1, 0.15) is 16.7 Å². The Morgan fingerprint density at radius 2 is 1.28 bits per heavy atom. The largest absolute Gasteiger partial charge is 0.417 e. The molecule has 3 aromatic carbocycles. The maximum absolute atomic E-state index is 13.3. The monoisotopic (exact) mass is 357 g/mol. The van der Waals surface area contributed by atoms with Crippen LogP contribution in [0.25, 0.3) is 0 Å². The Labute approximate surface area is 148 Å². The molecule has 0 heterocycles. The third-order valence-electron chi connectivity index (χ3n) is 3.63. The maximum Gasteiger partial charge on any atom is 0.417 e. The highest BCUT2D eigenvalue weighted by Gasteiger charge is 2.34. The highest BCUT2D eigenvalue weighted by atomic mass is 32.2. The molecule has 1 N–H and O–H groups in total. The number of hydrogen-bond donors (Lipinski definition) is 1. The second-order valence-corrected chi connectivity index (χ2v) is 6.44. The fourth-order valence-electron chi connectivity index (χ4n) is 2.47. The lowest BCUT2D eigenvalue weighted by Gasteiger charge is -2.15. The minimum absolute atomic E-state index is 0.115. The van der Waals surface area contributed by atoms with Crippen molar-refractivity contribution in [1.29, 1.82) is 5.41 Å².